The monoisotopic (exact) mass is 261 g/mol. The second kappa shape index (κ2) is 3.31. The van der Waals surface area contributed by atoms with Crippen molar-refractivity contribution in [2.45, 2.75) is 18.4 Å². The van der Waals surface area contributed by atoms with Gasteiger partial charge in [-0.1, -0.05) is 0 Å². The molecule has 13 heavy (non-hydrogen) atoms. The van der Waals surface area contributed by atoms with Gasteiger partial charge in [-0.05, 0) is 28.4 Å². The lowest BCUT2D eigenvalue weighted by atomic mass is 10.3. The summed E-state index contributed by atoms with van der Waals surface area (Å²) in [5, 5.41) is 13.0. The van der Waals surface area contributed by atoms with Gasteiger partial charge in [0.2, 0.25) is 0 Å². The van der Waals surface area contributed by atoms with E-state index in [2.05, 4.69) is 27.3 Å². The van der Waals surface area contributed by atoms with Gasteiger partial charge in [-0.2, -0.15) is 0 Å². The lowest BCUT2D eigenvalue weighted by Crippen LogP contribution is -2.23. The molecular weight excluding hydrogens is 254 g/mol. The van der Waals surface area contributed by atoms with E-state index >= 15 is 0 Å². The van der Waals surface area contributed by atoms with Gasteiger partial charge in [-0.15, -0.1) is 11.3 Å². The fourth-order valence-corrected chi connectivity index (χ4v) is 2.98. The molecule has 3 nitrogen and oxygen atoms in total. The highest BCUT2D eigenvalue weighted by atomic mass is 79.9. The number of thiophene rings is 1. The van der Waals surface area contributed by atoms with Gasteiger partial charge < -0.3 is 10.4 Å². The molecule has 70 valence electrons. The quantitative estimate of drug-likeness (QED) is 0.860. The molecule has 1 heterocycles. The molecule has 1 aromatic heterocycles. The minimum atomic E-state index is -0.928. The van der Waals surface area contributed by atoms with Gasteiger partial charge in [0.25, 0.3) is 0 Å². The molecule has 1 amide bonds. The summed E-state index contributed by atoms with van der Waals surface area (Å²) in [5.41, 5.74) is 0. The Labute approximate surface area is 87.9 Å². The van der Waals surface area contributed by atoms with Gasteiger partial charge in [0.15, 0.2) is 0 Å². The molecule has 2 atom stereocenters. The standard InChI is InChI=1S/C8H8BrNO2S/c9-4-1-7(13-3-4)5-2-6(5)10-8(11)12/h1,3,5-6,10H,2H2,(H,11,12). The van der Waals surface area contributed by atoms with Crippen molar-refractivity contribution < 1.29 is 9.90 Å². The molecule has 0 radical (unpaired) electrons. The molecule has 1 saturated carbocycles. The van der Waals surface area contributed by atoms with Gasteiger partial charge in [0.1, 0.15) is 0 Å². The third-order valence-electron chi connectivity index (χ3n) is 2.05. The normalized spacial score (nSPS) is 25.6. The highest BCUT2D eigenvalue weighted by Gasteiger charge is 2.40. The molecule has 1 fully saturated rings. The highest BCUT2D eigenvalue weighted by molar-refractivity contribution is 9.10. The molecule has 0 aromatic carbocycles. The van der Waals surface area contributed by atoms with Gasteiger partial charge in [-0.3, -0.25) is 0 Å². The van der Waals surface area contributed by atoms with Crippen molar-refractivity contribution in [1.29, 1.82) is 0 Å². The summed E-state index contributed by atoms with van der Waals surface area (Å²) in [6, 6.07) is 2.18. The first-order valence-electron chi connectivity index (χ1n) is 3.90. The van der Waals surface area contributed by atoms with Crippen LogP contribution in [0.25, 0.3) is 0 Å². The average molecular weight is 262 g/mol. The van der Waals surface area contributed by atoms with Gasteiger partial charge >= 0.3 is 6.09 Å². The molecule has 5 heteroatoms. The smallest absolute Gasteiger partial charge is 0.404 e. The van der Waals surface area contributed by atoms with E-state index < -0.39 is 6.09 Å². The van der Waals surface area contributed by atoms with Crippen LogP contribution in [-0.4, -0.2) is 17.2 Å². The van der Waals surface area contributed by atoms with Crippen LogP contribution in [0, 0.1) is 0 Å². The van der Waals surface area contributed by atoms with Gasteiger partial charge in [0.05, 0.1) is 0 Å². The molecule has 2 rings (SSSR count). The van der Waals surface area contributed by atoms with Crippen LogP contribution in [0.4, 0.5) is 4.79 Å². The van der Waals surface area contributed by atoms with Crippen molar-refractivity contribution >= 4 is 33.4 Å². The average Bonchev–Trinajstić information content (AvgIpc) is 2.63. The fraction of sp³-hybridized carbons (Fsp3) is 0.375. The van der Waals surface area contributed by atoms with Crippen molar-refractivity contribution in [2.24, 2.45) is 0 Å². The summed E-state index contributed by atoms with van der Waals surface area (Å²) in [4.78, 5) is 11.6. The number of nitrogens with one attached hydrogen (secondary N) is 1. The summed E-state index contributed by atoms with van der Waals surface area (Å²) < 4.78 is 1.08. The van der Waals surface area contributed by atoms with E-state index in [1.807, 2.05) is 5.38 Å². The minimum Gasteiger partial charge on any atom is -0.465 e. The summed E-state index contributed by atoms with van der Waals surface area (Å²) in [7, 11) is 0. The third-order valence-corrected chi connectivity index (χ3v) is 3.88. The molecule has 0 aliphatic heterocycles. The Hall–Kier alpha value is -0.550. The van der Waals surface area contributed by atoms with Crippen molar-refractivity contribution in [1.82, 2.24) is 5.32 Å². The van der Waals surface area contributed by atoms with Crippen LogP contribution in [0.1, 0.15) is 17.2 Å². The van der Waals surface area contributed by atoms with Crippen molar-refractivity contribution in [3.8, 4) is 0 Å². The summed E-state index contributed by atoms with van der Waals surface area (Å²) in [5.74, 6) is 0.396. The Morgan fingerprint density at radius 2 is 2.54 bits per heavy atom. The Morgan fingerprint density at radius 1 is 1.77 bits per heavy atom. The van der Waals surface area contributed by atoms with Crippen LogP contribution in [-0.2, 0) is 0 Å². The van der Waals surface area contributed by atoms with E-state index in [1.54, 1.807) is 11.3 Å². The number of hydrogen-bond acceptors (Lipinski definition) is 2. The van der Waals surface area contributed by atoms with Crippen molar-refractivity contribution in [3.05, 3.63) is 20.8 Å². The molecule has 1 aromatic rings. The molecule has 1 aliphatic carbocycles. The van der Waals surface area contributed by atoms with E-state index in [1.165, 1.54) is 4.88 Å². The van der Waals surface area contributed by atoms with Crippen LogP contribution >= 0.6 is 27.3 Å². The first-order valence-corrected chi connectivity index (χ1v) is 5.57. The number of carbonyl (C=O) groups is 1. The molecular formula is C8H8BrNO2S. The van der Waals surface area contributed by atoms with E-state index in [0.29, 0.717) is 5.92 Å². The molecule has 0 spiro atoms. The first kappa shape index (κ1) is 9.02. The maximum atomic E-state index is 10.3. The molecule has 2 unspecified atom stereocenters. The molecule has 1 aliphatic rings. The molecule has 0 bridgehead atoms. The zero-order chi connectivity index (χ0) is 9.42. The number of carboxylic acid groups (broad SMARTS) is 1. The van der Waals surface area contributed by atoms with Gasteiger partial charge in [0, 0.05) is 26.7 Å². The number of hydrogen-bond donors (Lipinski definition) is 2. The highest BCUT2D eigenvalue weighted by Crippen LogP contribution is 2.44. The molecule has 0 saturated heterocycles. The van der Waals surface area contributed by atoms with Crippen LogP contribution in [0.3, 0.4) is 0 Å². The van der Waals surface area contributed by atoms with Crippen LogP contribution in [0.15, 0.2) is 15.9 Å². The fourth-order valence-electron chi connectivity index (χ4n) is 1.35. The topological polar surface area (TPSA) is 49.3 Å². The number of rotatable bonds is 2. The zero-order valence-corrected chi connectivity index (χ0v) is 9.06. The predicted molar refractivity (Wildman–Crippen MR) is 54.3 cm³/mol. The Morgan fingerprint density at radius 3 is 3.08 bits per heavy atom. The SMILES string of the molecule is O=C(O)NC1CC1c1cc(Br)cs1. The van der Waals surface area contributed by atoms with E-state index in [0.717, 1.165) is 10.9 Å². The maximum absolute atomic E-state index is 10.3. The van der Waals surface area contributed by atoms with Crippen molar-refractivity contribution in [3.63, 3.8) is 0 Å². The van der Waals surface area contributed by atoms with Crippen molar-refractivity contribution in [2.75, 3.05) is 0 Å². The van der Waals surface area contributed by atoms with Crippen LogP contribution in [0.2, 0.25) is 0 Å². The van der Waals surface area contributed by atoms with Gasteiger partial charge in [-0.25, -0.2) is 4.79 Å². The van der Waals surface area contributed by atoms with Crippen LogP contribution < -0.4 is 5.32 Å². The number of amides is 1. The third kappa shape index (κ3) is 2.03. The molecule has 2 N–H and O–H groups in total. The first-order chi connectivity index (χ1) is 6.16. The maximum Gasteiger partial charge on any atom is 0.404 e. The van der Waals surface area contributed by atoms with E-state index in [4.69, 9.17) is 5.11 Å². The zero-order valence-electron chi connectivity index (χ0n) is 6.66. The second-order valence-corrected chi connectivity index (χ2v) is 4.92. The summed E-state index contributed by atoms with van der Waals surface area (Å²) in [6.07, 6.45) is 0.00215. The second-order valence-electron chi connectivity index (χ2n) is 3.07. The summed E-state index contributed by atoms with van der Waals surface area (Å²) in [6.45, 7) is 0. The lowest BCUT2D eigenvalue weighted by molar-refractivity contribution is 0.193. The minimum absolute atomic E-state index is 0.128. The predicted octanol–water partition coefficient (Wildman–Crippen LogP) is 2.63. The largest absolute Gasteiger partial charge is 0.465 e. The number of halogens is 1. The van der Waals surface area contributed by atoms with Crippen LogP contribution in [0.5, 0.6) is 0 Å². The van der Waals surface area contributed by atoms with E-state index in [-0.39, 0.29) is 6.04 Å². The lowest BCUT2D eigenvalue weighted by Gasteiger charge is -1.96. The Kier molecular flexibility index (Phi) is 2.29. The Balaban J connectivity index is 1.96. The summed E-state index contributed by atoms with van der Waals surface area (Å²) >= 11 is 5.04. The van der Waals surface area contributed by atoms with E-state index in [9.17, 15) is 4.79 Å². The Bertz CT molecular complexity index is 339.